The van der Waals surface area contributed by atoms with Gasteiger partial charge < -0.3 is 14.5 Å². The fourth-order valence-corrected chi connectivity index (χ4v) is 5.27. The molecule has 8 heteroatoms. The quantitative estimate of drug-likeness (QED) is 0.559. The Morgan fingerprint density at radius 1 is 1.03 bits per heavy atom. The highest BCUT2D eigenvalue weighted by atomic mass is 32.2. The Kier molecular flexibility index (Phi) is 6.34. The fourth-order valence-electron chi connectivity index (χ4n) is 3.73. The Bertz CT molecular complexity index is 1230. The molecule has 0 bridgehead atoms. The smallest absolute Gasteiger partial charge is 0.259 e. The second-order valence-corrected chi connectivity index (χ2v) is 9.82. The van der Waals surface area contributed by atoms with Crippen molar-refractivity contribution in [1.29, 1.82) is 0 Å². The highest BCUT2D eigenvalue weighted by molar-refractivity contribution is 7.89. The van der Waals surface area contributed by atoms with Crippen LogP contribution in [0.2, 0.25) is 0 Å². The van der Waals surface area contributed by atoms with Crippen molar-refractivity contribution < 1.29 is 22.4 Å². The minimum atomic E-state index is -3.67. The van der Waals surface area contributed by atoms with E-state index in [-0.39, 0.29) is 10.6 Å². The average molecular weight is 455 g/mol. The zero-order valence-corrected chi connectivity index (χ0v) is 18.9. The Morgan fingerprint density at radius 3 is 2.50 bits per heavy atom. The van der Waals surface area contributed by atoms with E-state index in [4.69, 9.17) is 9.15 Å². The van der Waals surface area contributed by atoms with E-state index < -0.39 is 15.9 Å². The number of nitrogens with zero attached hydrogens (tertiary/aromatic N) is 1. The summed E-state index contributed by atoms with van der Waals surface area (Å²) in [5.41, 5.74) is 1.66. The molecule has 0 spiro atoms. The summed E-state index contributed by atoms with van der Waals surface area (Å²) in [6.45, 7) is 4.64. The van der Waals surface area contributed by atoms with Crippen LogP contribution in [0.25, 0.3) is 0 Å². The average Bonchev–Trinajstić information content (AvgIpc) is 3.21. The topological polar surface area (TPSA) is 88.9 Å². The van der Waals surface area contributed by atoms with Gasteiger partial charge >= 0.3 is 0 Å². The summed E-state index contributed by atoms with van der Waals surface area (Å²) in [6.07, 6.45) is 4.15. The van der Waals surface area contributed by atoms with Crippen LogP contribution >= 0.6 is 0 Å². The monoisotopic (exact) mass is 454 g/mol. The molecule has 4 rings (SSSR count). The first-order valence-electron chi connectivity index (χ1n) is 10.6. The van der Waals surface area contributed by atoms with Crippen LogP contribution in [0.15, 0.2) is 64.1 Å². The third-order valence-corrected chi connectivity index (χ3v) is 7.37. The molecule has 1 aliphatic rings. The molecule has 0 radical (unpaired) electrons. The number of anilines is 1. The Labute approximate surface area is 188 Å². The number of aryl methyl sites for hydroxylation is 2. The van der Waals surface area contributed by atoms with Crippen LogP contribution in [0.1, 0.15) is 40.9 Å². The highest BCUT2D eigenvalue weighted by Crippen LogP contribution is 2.34. The second kappa shape index (κ2) is 9.18. The zero-order chi connectivity index (χ0) is 22.7. The number of nitrogens with one attached hydrogen (secondary N) is 1. The number of sulfonamides is 1. The van der Waals surface area contributed by atoms with Crippen molar-refractivity contribution in [3.05, 3.63) is 71.7 Å². The molecule has 0 aliphatic carbocycles. The van der Waals surface area contributed by atoms with Crippen molar-refractivity contribution >= 4 is 21.6 Å². The van der Waals surface area contributed by atoms with Gasteiger partial charge in [-0.1, -0.05) is 18.6 Å². The molecule has 2 heterocycles. The zero-order valence-electron chi connectivity index (χ0n) is 18.1. The maximum Gasteiger partial charge on any atom is 0.259 e. The summed E-state index contributed by atoms with van der Waals surface area (Å²) in [5.74, 6) is 1.01. The van der Waals surface area contributed by atoms with Gasteiger partial charge in [0.05, 0.1) is 22.4 Å². The Morgan fingerprint density at radius 2 is 1.81 bits per heavy atom. The van der Waals surface area contributed by atoms with Gasteiger partial charge in [-0.15, -0.1) is 0 Å². The van der Waals surface area contributed by atoms with Gasteiger partial charge in [0, 0.05) is 13.1 Å². The molecule has 168 valence electrons. The molecule has 2 aromatic carbocycles. The molecule has 1 aliphatic heterocycles. The summed E-state index contributed by atoms with van der Waals surface area (Å²) in [6, 6.07) is 13.6. The number of hydrogen-bond donors (Lipinski definition) is 1. The van der Waals surface area contributed by atoms with E-state index in [1.165, 1.54) is 22.7 Å². The molecular weight excluding hydrogens is 428 g/mol. The van der Waals surface area contributed by atoms with E-state index in [0.717, 1.165) is 24.8 Å². The second-order valence-electron chi connectivity index (χ2n) is 7.89. The van der Waals surface area contributed by atoms with E-state index in [1.54, 1.807) is 25.1 Å². The lowest BCUT2D eigenvalue weighted by Gasteiger charge is -2.26. The first kappa shape index (κ1) is 22.1. The van der Waals surface area contributed by atoms with Crippen molar-refractivity contribution in [2.24, 2.45) is 0 Å². The predicted molar refractivity (Wildman–Crippen MR) is 122 cm³/mol. The standard InChI is InChI=1S/C24H26N2O5S/c1-17-7-6-8-19(15-17)31-23-10-9-20(32(28,29)26-12-4-3-5-13-26)16-22(23)25-24(27)21-11-14-30-18(21)2/h6-11,14-16H,3-5,12-13H2,1-2H3,(H,25,27). The first-order valence-corrected chi connectivity index (χ1v) is 12.0. The van der Waals surface area contributed by atoms with Gasteiger partial charge in [-0.25, -0.2) is 8.42 Å². The van der Waals surface area contributed by atoms with Crippen LogP contribution in [0.4, 0.5) is 5.69 Å². The maximum atomic E-state index is 13.2. The van der Waals surface area contributed by atoms with Crippen LogP contribution in [0.3, 0.4) is 0 Å². The number of ether oxygens (including phenoxy) is 1. The first-order chi connectivity index (χ1) is 15.3. The number of benzene rings is 2. The number of furan rings is 1. The number of piperidine rings is 1. The SMILES string of the molecule is Cc1cccc(Oc2ccc(S(=O)(=O)N3CCCCC3)cc2NC(=O)c2ccoc2C)c1. The lowest BCUT2D eigenvalue weighted by atomic mass is 10.2. The van der Waals surface area contributed by atoms with Crippen LogP contribution in [-0.4, -0.2) is 31.7 Å². The van der Waals surface area contributed by atoms with Gasteiger partial charge in [-0.3, -0.25) is 4.79 Å². The number of amides is 1. The maximum absolute atomic E-state index is 13.2. The van der Waals surface area contributed by atoms with Crippen LogP contribution in [0, 0.1) is 13.8 Å². The summed E-state index contributed by atoms with van der Waals surface area (Å²) in [5, 5.41) is 2.80. The van der Waals surface area contributed by atoms with Gasteiger partial charge in [0.2, 0.25) is 10.0 Å². The fraction of sp³-hybridized carbons (Fsp3) is 0.292. The molecule has 1 N–H and O–H groups in total. The van der Waals surface area contributed by atoms with E-state index >= 15 is 0 Å². The Hall–Kier alpha value is -3.10. The molecule has 1 fully saturated rings. The van der Waals surface area contributed by atoms with E-state index in [0.29, 0.717) is 35.9 Å². The van der Waals surface area contributed by atoms with Crippen molar-refractivity contribution in [1.82, 2.24) is 4.31 Å². The number of rotatable bonds is 6. The number of hydrogen-bond acceptors (Lipinski definition) is 5. The molecule has 3 aromatic rings. The molecule has 0 unspecified atom stereocenters. The Balaban J connectivity index is 1.70. The molecule has 1 amide bonds. The van der Waals surface area contributed by atoms with Gasteiger partial charge in [0.15, 0.2) is 5.75 Å². The highest BCUT2D eigenvalue weighted by Gasteiger charge is 2.27. The normalized spacial score (nSPS) is 14.8. The van der Waals surface area contributed by atoms with Crippen LogP contribution in [-0.2, 0) is 10.0 Å². The van der Waals surface area contributed by atoms with Gasteiger partial charge in [0.25, 0.3) is 5.91 Å². The molecule has 0 atom stereocenters. The third-order valence-electron chi connectivity index (χ3n) is 5.47. The number of carbonyl (C=O) groups is 1. The van der Waals surface area contributed by atoms with E-state index in [1.807, 2.05) is 25.1 Å². The molecule has 7 nitrogen and oxygen atoms in total. The number of carbonyl (C=O) groups excluding carboxylic acids is 1. The van der Waals surface area contributed by atoms with Gasteiger partial charge in [-0.2, -0.15) is 4.31 Å². The molecule has 0 saturated carbocycles. The van der Waals surface area contributed by atoms with E-state index in [9.17, 15) is 13.2 Å². The summed E-state index contributed by atoms with van der Waals surface area (Å²) in [7, 11) is -3.67. The third kappa shape index (κ3) is 4.71. The minimum Gasteiger partial charge on any atom is -0.469 e. The molecule has 1 aromatic heterocycles. The van der Waals surface area contributed by atoms with Crippen molar-refractivity contribution in [2.45, 2.75) is 38.0 Å². The molecule has 1 saturated heterocycles. The van der Waals surface area contributed by atoms with Crippen molar-refractivity contribution in [2.75, 3.05) is 18.4 Å². The van der Waals surface area contributed by atoms with Crippen LogP contribution in [0.5, 0.6) is 11.5 Å². The van der Waals surface area contributed by atoms with Gasteiger partial charge in [-0.05, 0) is 68.7 Å². The molecular formula is C24H26N2O5S. The lowest BCUT2D eigenvalue weighted by molar-refractivity contribution is 0.102. The minimum absolute atomic E-state index is 0.121. The van der Waals surface area contributed by atoms with E-state index in [2.05, 4.69) is 5.32 Å². The van der Waals surface area contributed by atoms with Crippen LogP contribution < -0.4 is 10.1 Å². The lowest BCUT2D eigenvalue weighted by Crippen LogP contribution is -2.35. The van der Waals surface area contributed by atoms with Gasteiger partial charge in [0.1, 0.15) is 11.5 Å². The summed E-state index contributed by atoms with van der Waals surface area (Å²) >= 11 is 0. The summed E-state index contributed by atoms with van der Waals surface area (Å²) < 4.78 is 39.1. The van der Waals surface area contributed by atoms with Crippen molar-refractivity contribution in [3.8, 4) is 11.5 Å². The molecule has 32 heavy (non-hydrogen) atoms. The largest absolute Gasteiger partial charge is 0.469 e. The summed E-state index contributed by atoms with van der Waals surface area (Å²) in [4.78, 5) is 13.0. The van der Waals surface area contributed by atoms with Crippen molar-refractivity contribution in [3.63, 3.8) is 0 Å². The predicted octanol–water partition coefficient (Wildman–Crippen LogP) is 5.12.